The van der Waals surface area contributed by atoms with E-state index in [1.165, 1.54) is 10.5 Å². The minimum atomic E-state index is 0.872. The van der Waals surface area contributed by atoms with Crippen molar-refractivity contribution >= 4 is 11.9 Å². The number of nitrogens with one attached hydrogen (secondary N) is 1. The average molecular weight is 167 g/mol. The normalized spacial score (nSPS) is 16.8. The van der Waals surface area contributed by atoms with Gasteiger partial charge in [-0.1, -0.05) is 18.2 Å². The molecule has 0 aromatic heterocycles. The topological polar surface area (TPSA) is 41.3 Å². The Hall–Kier alpha value is -0.550. The molecule has 0 saturated heterocycles. The Morgan fingerprint density at radius 3 is 3.00 bits per heavy atom. The Labute approximate surface area is 69.6 Å². The van der Waals surface area contributed by atoms with Crippen molar-refractivity contribution in [2.75, 3.05) is 0 Å². The standard InChI is InChI=1S/C7H9N3S/c8-9-10-5-6-3-1-2-4-7(6)11-10/h1-4,9H,5,8H2. The van der Waals surface area contributed by atoms with Crippen LogP contribution in [0.15, 0.2) is 29.2 Å². The summed E-state index contributed by atoms with van der Waals surface area (Å²) >= 11 is 1.63. The summed E-state index contributed by atoms with van der Waals surface area (Å²) in [6, 6.07) is 8.28. The van der Waals surface area contributed by atoms with Crippen molar-refractivity contribution in [3.05, 3.63) is 29.8 Å². The van der Waals surface area contributed by atoms with Crippen LogP contribution in [-0.4, -0.2) is 4.41 Å². The van der Waals surface area contributed by atoms with Crippen molar-refractivity contribution in [3.8, 4) is 0 Å². The smallest absolute Gasteiger partial charge is 0.0524 e. The lowest BCUT2D eigenvalue weighted by Crippen LogP contribution is -2.34. The molecule has 0 fully saturated rings. The van der Waals surface area contributed by atoms with Gasteiger partial charge in [-0.05, 0) is 23.6 Å². The molecule has 4 heteroatoms. The quantitative estimate of drug-likeness (QED) is 0.370. The van der Waals surface area contributed by atoms with E-state index in [9.17, 15) is 0 Å². The molecule has 1 aliphatic heterocycles. The van der Waals surface area contributed by atoms with Gasteiger partial charge >= 0.3 is 0 Å². The van der Waals surface area contributed by atoms with Crippen LogP contribution in [0.1, 0.15) is 5.56 Å². The first-order valence-corrected chi connectivity index (χ1v) is 4.17. The summed E-state index contributed by atoms with van der Waals surface area (Å²) in [5.74, 6) is 5.27. The van der Waals surface area contributed by atoms with Gasteiger partial charge in [-0.2, -0.15) is 9.95 Å². The van der Waals surface area contributed by atoms with E-state index in [0.29, 0.717) is 0 Å². The van der Waals surface area contributed by atoms with Gasteiger partial charge in [0, 0.05) is 4.90 Å². The van der Waals surface area contributed by atoms with Crippen LogP contribution in [0.25, 0.3) is 0 Å². The average Bonchev–Trinajstić information content (AvgIpc) is 2.46. The number of hydrogen-bond acceptors (Lipinski definition) is 4. The zero-order chi connectivity index (χ0) is 7.68. The van der Waals surface area contributed by atoms with Gasteiger partial charge in [0.15, 0.2) is 0 Å². The number of hydrogen-bond donors (Lipinski definition) is 2. The molecule has 2 rings (SSSR count). The highest BCUT2D eigenvalue weighted by molar-refractivity contribution is 7.97. The number of nitrogens with zero attached hydrogens (tertiary/aromatic N) is 1. The van der Waals surface area contributed by atoms with E-state index in [-0.39, 0.29) is 0 Å². The maximum atomic E-state index is 5.27. The third kappa shape index (κ3) is 1.25. The SMILES string of the molecule is NNN1Cc2ccccc2S1. The van der Waals surface area contributed by atoms with Gasteiger partial charge in [0.05, 0.1) is 6.54 Å². The molecule has 0 atom stereocenters. The lowest BCUT2D eigenvalue weighted by atomic mass is 10.2. The zero-order valence-electron chi connectivity index (χ0n) is 5.95. The van der Waals surface area contributed by atoms with E-state index in [0.717, 1.165) is 6.54 Å². The number of hydrazine groups is 2. The van der Waals surface area contributed by atoms with Crippen molar-refractivity contribution in [2.45, 2.75) is 11.4 Å². The fraction of sp³-hybridized carbons (Fsp3) is 0.143. The molecule has 3 nitrogen and oxygen atoms in total. The Kier molecular flexibility index (Phi) is 1.83. The van der Waals surface area contributed by atoms with Gasteiger partial charge in [-0.25, -0.2) is 0 Å². The third-order valence-corrected chi connectivity index (χ3v) is 2.69. The van der Waals surface area contributed by atoms with E-state index in [1.54, 1.807) is 11.9 Å². The van der Waals surface area contributed by atoms with E-state index < -0.39 is 0 Å². The second-order valence-corrected chi connectivity index (χ2v) is 3.43. The first-order valence-electron chi connectivity index (χ1n) is 3.40. The van der Waals surface area contributed by atoms with Crippen LogP contribution in [0.5, 0.6) is 0 Å². The molecule has 1 aliphatic rings. The van der Waals surface area contributed by atoms with Crippen LogP contribution in [-0.2, 0) is 6.54 Å². The Morgan fingerprint density at radius 1 is 1.45 bits per heavy atom. The number of fused-ring (bicyclic) bond motifs is 1. The maximum Gasteiger partial charge on any atom is 0.0524 e. The van der Waals surface area contributed by atoms with Crippen LogP contribution < -0.4 is 11.4 Å². The molecule has 58 valence electrons. The second-order valence-electron chi connectivity index (χ2n) is 2.36. The van der Waals surface area contributed by atoms with E-state index in [1.807, 2.05) is 16.5 Å². The molecule has 0 unspecified atom stereocenters. The number of benzene rings is 1. The fourth-order valence-corrected chi connectivity index (χ4v) is 1.98. The summed E-state index contributed by atoms with van der Waals surface area (Å²) in [5, 5.41) is 0. The first kappa shape index (κ1) is 7.12. The Balaban J connectivity index is 2.27. The van der Waals surface area contributed by atoms with Crippen molar-refractivity contribution in [2.24, 2.45) is 5.84 Å². The fourth-order valence-electron chi connectivity index (χ4n) is 1.10. The van der Waals surface area contributed by atoms with E-state index in [4.69, 9.17) is 5.84 Å². The van der Waals surface area contributed by atoms with Crippen LogP contribution >= 0.6 is 11.9 Å². The molecule has 0 saturated carbocycles. The second kappa shape index (κ2) is 2.83. The van der Waals surface area contributed by atoms with Gasteiger partial charge in [0.25, 0.3) is 0 Å². The van der Waals surface area contributed by atoms with Crippen molar-refractivity contribution in [3.63, 3.8) is 0 Å². The zero-order valence-corrected chi connectivity index (χ0v) is 6.77. The van der Waals surface area contributed by atoms with Crippen molar-refractivity contribution in [1.29, 1.82) is 0 Å². The van der Waals surface area contributed by atoms with E-state index in [2.05, 4.69) is 17.7 Å². The number of nitrogens with two attached hydrogens (primary N) is 1. The highest BCUT2D eigenvalue weighted by Crippen LogP contribution is 2.33. The third-order valence-electron chi connectivity index (χ3n) is 1.64. The van der Waals surface area contributed by atoms with Crippen LogP contribution in [0.4, 0.5) is 0 Å². The van der Waals surface area contributed by atoms with Gasteiger partial charge in [0.1, 0.15) is 0 Å². The summed E-state index contributed by atoms with van der Waals surface area (Å²) in [4.78, 5) is 1.28. The molecule has 3 N–H and O–H groups in total. The van der Waals surface area contributed by atoms with Crippen LogP contribution in [0, 0.1) is 0 Å². The minimum Gasteiger partial charge on any atom is -0.257 e. The van der Waals surface area contributed by atoms with Crippen molar-refractivity contribution in [1.82, 2.24) is 9.95 Å². The Morgan fingerprint density at radius 2 is 2.27 bits per heavy atom. The predicted octanol–water partition coefficient (Wildman–Crippen LogP) is 0.888. The van der Waals surface area contributed by atoms with E-state index >= 15 is 0 Å². The first-order chi connectivity index (χ1) is 5.40. The molecular formula is C7H9N3S. The summed E-state index contributed by atoms with van der Waals surface area (Å²) in [5.41, 5.74) is 3.94. The molecular weight excluding hydrogens is 158 g/mol. The lowest BCUT2D eigenvalue weighted by Gasteiger charge is -2.08. The van der Waals surface area contributed by atoms with Crippen LogP contribution in [0.2, 0.25) is 0 Å². The molecule has 1 aromatic rings. The van der Waals surface area contributed by atoms with Crippen molar-refractivity contribution < 1.29 is 0 Å². The van der Waals surface area contributed by atoms with Crippen LogP contribution in [0.3, 0.4) is 0 Å². The molecule has 0 spiro atoms. The predicted molar refractivity (Wildman–Crippen MR) is 45.2 cm³/mol. The number of rotatable bonds is 1. The lowest BCUT2D eigenvalue weighted by molar-refractivity contribution is 0.362. The minimum absolute atomic E-state index is 0.872. The summed E-state index contributed by atoms with van der Waals surface area (Å²) in [7, 11) is 0. The monoisotopic (exact) mass is 167 g/mol. The summed E-state index contributed by atoms with van der Waals surface area (Å²) < 4.78 is 1.89. The molecule has 1 aromatic carbocycles. The van der Waals surface area contributed by atoms with Gasteiger partial charge in [0.2, 0.25) is 0 Å². The van der Waals surface area contributed by atoms with Gasteiger partial charge < -0.3 is 0 Å². The Bertz CT molecular complexity index is 239. The maximum absolute atomic E-state index is 5.27. The highest BCUT2D eigenvalue weighted by Gasteiger charge is 2.17. The van der Waals surface area contributed by atoms with Gasteiger partial charge in [-0.3, -0.25) is 5.84 Å². The molecule has 0 amide bonds. The van der Waals surface area contributed by atoms with Gasteiger partial charge in [-0.15, -0.1) is 0 Å². The highest BCUT2D eigenvalue weighted by atomic mass is 32.2. The molecule has 0 bridgehead atoms. The molecule has 0 radical (unpaired) electrons. The largest absolute Gasteiger partial charge is 0.257 e. The molecule has 11 heavy (non-hydrogen) atoms. The molecule has 0 aliphatic carbocycles. The summed E-state index contributed by atoms with van der Waals surface area (Å²) in [6.07, 6.45) is 0. The summed E-state index contributed by atoms with van der Waals surface area (Å²) in [6.45, 7) is 0.872. The molecule has 1 heterocycles.